The fourth-order valence-electron chi connectivity index (χ4n) is 1.90. The van der Waals surface area contributed by atoms with Crippen LogP contribution in [0.25, 0.3) is 0 Å². The third-order valence-corrected chi connectivity index (χ3v) is 3.44. The maximum atomic E-state index is 5.54. The van der Waals surface area contributed by atoms with Crippen molar-refractivity contribution in [3.8, 4) is 0 Å². The monoisotopic (exact) mass is 262 g/mol. The number of imidazole rings is 1. The highest BCUT2D eigenvalue weighted by molar-refractivity contribution is 5.15. The summed E-state index contributed by atoms with van der Waals surface area (Å²) in [5, 5.41) is 3.53. The smallest absolute Gasteiger partial charge is 0.133 e. The van der Waals surface area contributed by atoms with Crippen molar-refractivity contribution in [2.45, 2.75) is 19.0 Å². The normalized spacial score (nSPS) is 14.8. The first-order chi connectivity index (χ1) is 9.09. The van der Waals surface area contributed by atoms with Gasteiger partial charge in [0.05, 0.1) is 6.26 Å². The molecule has 0 aliphatic heterocycles. The van der Waals surface area contributed by atoms with E-state index in [4.69, 9.17) is 4.42 Å². The number of rotatable bonds is 6. The second-order valence-corrected chi connectivity index (χ2v) is 5.07. The average molecular weight is 262 g/mol. The Balaban J connectivity index is 2.15. The summed E-state index contributed by atoms with van der Waals surface area (Å²) in [5.41, 5.74) is 0. The van der Waals surface area contributed by atoms with Crippen LogP contribution in [0.3, 0.4) is 0 Å². The summed E-state index contributed by atoms with van der Waals surface area (Å²) in [5.74, 6) is 1.85. The van der Waals surface area contributed by atoms with Gasteiger partial charge >= 0.3 is 0 Å². The lowest BCUT2D eigenvalue weighted by atomic mass is 10.2. The fourth-order valence-corrected chi connectivity index (χ4v) is 1.90. The van der Waals surface area contributed by atoms with Gasteiger partial charge in [-0.3, -0.25) is 5.32 Å². The van der Waals surface area contributed by atoms with E-state index in [0.29, 0.717) is 6.04 Å². The van der Waals surface area contributed by atoms with E-state index in [1.807, 2.05) is 36.1 Å². The van der Waals surface area contributed by atoms with Gasteiger partial charge in [0.15, 0.2) is 0 Å². The van der Waals surface area contributed by atoms with Crippen LogP contribution in [0.4, 0.5) is 0 Å². The van der Waals surface area contributed by atoms with Crippen molar-refractivity contribution in [3.05, 3.63) is 42.4 Å². The molecule has 0 fully saturated rings. The molecule has 0 saturated heterocycles. The Morgan fingerprint density at radius 1 is 1.47 bits per heavy atom. The Kier molecular flexibility index (Phi) is 4.39. The molecule has 104 valence electrons. The zero-order valence-electron chi connectivity index (χ0n) is 12.0. The van der Waals surface area contributed by atoms with Crippen molar-refractivity contribution in [1.29, 1.82) is 0 Å². The molecule has 19 heavy (non-hydrogen) atoms. The van der Waals surface area contributed by atoms with E-state index in [0.717, 1.165) is 18.1 Å². The van der Waals surface area contributed by atoms with E-state index < -0.39 is 0 Å². The topological polar surface area (TPSA) is 46.2 Å². The van der Waals surface area contributed by atoms with Crippen molar-refractivity contribution < 1.29 is 4.42 Å². The van der Waals surface area contributed by atoms with Gasteiger partial charge in [-0.15, -0.1) is 0 Å². The van der Waals surface area contributed by atoms with Crippen molar-refractivity contribution in [2.24, 2.45) is 7.05 Å². The second kappa shape index (κ2) is 6.04. The van der Waals surface area contributed by atoms with Crippen LogP contribution in [0.5, 0.6) is 0 Å². The van der Waals surface area contributed by atoms with Crippen LogP contribution in [0, 0.1) is 0 Å². The predicted octanol–water partition coefficient (Wildman–Crippen LogP) is 1.64. The molecular formula is C14H22N4O. The van der Waals surface area contributed by atoms with Crippen LogP contribution in [0.15, 0.2) is 35.2 Å². The molecule has 0 saturated carbocycles. The lowest BCUT2D eigenvalue weighted by Gasteiger charge is -2.23. The number of likely N-dealkylation sites (N-methyl/N-ethyl adjacent to an activating group) is 1. The molecule has 2 aromatic rings. The number of aryl methyl sites for hydroxylation is 1. The summed E-state index contributed by atoms with van der Waals surface area (Å²) >= 11 is 0. The third kappa shape index (κ3) is 3.24. The zero-order valence-corrected chi connectivity index (χ0v) is 12.0. The third-order valence-electron chi connectivity index (χ3n) is 3.44. The maximum absolute atomic E-state index is 5.54. The molecule has 2 aromatic heterocycles. The predicted molar refractivity (Wildman–Crippen MR) is 74.9 cm³/mol. The van der Waals surface area contributed by atoms with E-state index in [9.17, 15) is 0 Å². The molecule has 1 N–H and O–H groups in total. The Hall–Kier alpha value is -1.59. The van der Waals surface area contributed by atoms with E-state index in [2.05, 4.69) is 36.2 Å². The van der Waals surface area contributed by atoms with Gasteiger partial charge in [-0.25, -0.2) is 4.98 Å². The second-order valence-electron chi connectivity index (χ2n) is 5.07. The molecule has 2 rings (SSSR count). The number of hydrogen-bond donors (Lipinski definition) is 1. The summed E-state index contributed by atoms with van der Waals surface area (Å²) in [7, 11) is 6.15. The van der Waals surface area contributed by atoms with Crippen LogP contribution in [-0.2, 0) is 7.05 Å². The molecule has 0 aromatic carbocycles. The van der Waals surface area contributed by atoms with Gasteiger partial charge in [-0.05, 0) is 33.2 Å². The van der Waals surface area contributed by atoms with Crippen LogP contribution < -0.4 is 5.32 Å². The molecule has 5 nitrogen and oxygen atoms in total. The number of aromatic nitrogens is 2. The Morgan fingerprint density at radius 2 is 2.26 bits per heavy atom. The van der Waals surface area contributed by atoms with Crippen molar-refractivity contribution in [2.75, 3.05) is 20.6 Å². The number of hydrogen-bond acceptors (Lipinski definition) is 4. The molecular weight excluding hydrogens is 240 g/mol. The van der Waals surface area contributed by atoms with Crippen LogP contribution in [0.2, 0.25) is 0 Å². The summed E-state index contributed by atoms with van der Waals surface area (Å²) in [6, 6.07) is 4.31. The van der Waals surface area contributed by atoms with E-state index in [1.165, 1.54) is 0 Å². The molecule has 0 bridgehead atoms. The first kappa shape index (κ1) is 13.8. The van der Waals surface area contributed by atoms with Crippen molar-refractivity contribution in [3.63, 3.8) is 0 Å². The molecule has 0 amide bonds. The van der Waals surface area contributed by atoms with Gasteiger partial charge in [0, 0.05) is 32.0 Å². The molecule has 0 aliphatic carbocycles. The Morgan fingerprint density at radius 3 is 2.79 bits per heavy atom. The molecule has 2 unspecified atom stereocenters. The van der Waals surface area contributed by atoms with Gasteiger partial charge in [0.2, 0.25) is 0 Å². The largest absolute Gasteiger partial charge is 0.467 e. The lowest BCUT2D eigenvalue weighted by Crippen LogP contribution is -2.38. The Bertz CT molecular complexity index is 489. The van der Waals surface area contributed by atoms with Crippen molar-refractivity contribution in [1.82, 2.24) is 19.8 Å². The quantitative estimate of drug-likeness (QED) is 0.859. The lowest BCUT2D eigenvalue weighted by molar-refractivity contribution is 0.290. The maximum Gasteiger partial charge on any atom is 0.133 e. The Labute approximate surface area is 114 Å². The molecule has 2 atom stereocenters. The number of furan rings is 1. The highest BCUT2D eigenvalue weighted by atomic mass is 16.3. The standard InChI is InChI=1S/C14H22N4O/c1-11(17(2)3)10-16-13(12-6-5-9-19-12)14-15-7-8-18(14)4/h5-9,11,13,16H,10H2,1-4H3. The summed E-state index contributed by atoms with van der Waals surface area (Å²) < 4.78 is 7.55. The zero-order chi connectivity index (χ0) is 13.8. The van der Waals surface area contributed by atoms with Crippen LogP contribution >= 0.6 is 0 Å². The summed E-state index contributed by atoms with van der Waals surface area (Å²) in [6.07, 6.45) is 5.45. The molecule has 2 heterocycles. The van der Waals surface area contributed by atoms with Gasteiger partial charge in [-0.1, -0.05) is 0 Å². The van der Waals surface area contributed by atoms with Crippen LogP contribution in [-0.4, -0.2) is 41.1 Å². The summed E-state index contributed by atoms with van der Waals surface area (Å²) in [4.78, 5) is 6.61. The average Bonchev–Trinajstić information content (AvgIpc) is 3.02. The molecule has 0 spiro atoms. The first-order valence-corrected chi connectivity index (χ1v) is 6.50. The highest BCUT2D eigenvalue weighted by Crippen LogP contribution is 2.20. The summed E-state index contributed by atoms with van der Waals surface area (Å²) in [6.45, 7) is 3.05. The number of nitrogens with one attached hydrogen (secondary N) is 1. The SMILES string of the molecule is CC(CNC(c1ccco1)c1nccn1C)N(C)C. The molecule has 5 heteroatoms. The minimum absolute atomic E-state index is 0.0163. The van der Waals surface area contributed by atoms with Crippen LogP contribution in [0.1, 0.15) is 24.6 Å². The molecule has 0 aliphatic rings. The van der Waals surface area contributed by atoms with Gasteiger partial charge in [0.1, 0.15) is 17.6 Å². The number of nitrogens with zero attached hydrogens (tertiary/aromatic N) is 3. The van der Waals surface area contributed by atoms with Gasteiger partial charge < -0.3 is 13.9 Å². The first-order valence-electron chi connectivity index (χ1n) is 6.50. The van der Waals surface area contributed by atoms with Crippen molar-refractivity contribution >= 4 is 0 Å². The van der Waals surface area contributed by atoms with E-state index in [-0.39, 0.29) is 6.04 Å². The minimum Gasteiger partial charge on any atom is -0.467 e. The van der Waals surface area contributed by atoms with Gasteiger partial charge in [-0.2, -0.15) is 0 Å². The van der Waals surface area contributed by atoms with E-state index in [1.54, 1.807) is 6.26 Å². The van der Waals surface area contributed by atoms with Gasteiger partial charge in [0.25, 0.3) is 0 Å². The minimum atomic E-state index is -0.0163. The highest BCUT2D eigenvalue weighted by Gasteiger charge is 2.21. The van der Waals surface area contributed by atoms with E-state index >= 15 is 0 Å². The fraction of sp³-hybridized carbons (Fsp3) is 0.500. The molecule has 0 radical (unpaired) electrons.